The summed E-state index contributed by atoms with van der Waals surface area (Å²) in [6, 6.07) is 15.3. The van der Waals surface area contributed by atoms with Crippen LogP contribution in [0.15, 0.2) is 58.5 Å². The maximum Gasteiger partial charge on any atom is 0.267 e. The van der Waals surface area contributed by atoms with Crippen molar-refractivity contribution in [2.45, 2.75) is 31.8 Å². The Kier molecular flexibility index (Phi) is 5.59. The summed E-state index contributed by atoms with van der Waals surface area (Å²) in [7, 11) is 0. The van der Waals surface area contributed by atoms with Crippen LogP contribution in [0.5, 0.6) is 0 Å². The first-order valence-electron chi connectivity index (χ1n) is 9.90. The molecule has 0 saturated heterocycles. The molecule has 4 aromatic rings. The topological polar surface area (TPSA) is 81.3 Å². The third-order valence-electron chi connectivity index (χ3n) is 4.90. The van der Waals surface area contributed by atoms with Crippen molar-refractivity contribution >= 4 is 34.3 Å². The fourth-order valence-corrected chi connectivity index (χ4v) is 4.32. The van der Waals surface area contributed by atoms with Crippen molar-refractivity contribution in [2.75, 3.05) is 12.3 Å². The van der Waals surface area contributed by atoms with Crippen molar-refractivity contribution in [3.8, 4) is 5.69 Å². The zero-order chi connectivity index (χ0) is 21.3. The number of rotatable bonds is 6. The molecular formula is C22H23N5O2S. The summed E-state index contributed by atoms with van der Waals surface area (Å²) in [5.41, 5.74) is 2.43. The molecule has 2 aromatic carbocycles. The summed E-state index contributed by atoms with van der Waals surface area (Å²) < 4.78 is 3.48. The van der Waals surface area contributed by atoms with Crippen LogP contribution in [0, 0.1) is 0 Å². The number of aromatic nitrogens is 4. The molecule has 1 amide bonds. The molecule has 0 saturated carbocycles. The van der Waals surface area contributed by atoms with Gasteiger partial charge in [0.2, 0.25) is 11.7 Å². The molecule has 0 aliphatic carbocycles. The Labute approximate surface area is 178 Å². The van der Waals surface area contributed by atoms with Gasteiger partial charge in [-0.1, -0.05) is 55.9 Å². The van der Waals surface area contributed by atoms with E-state index in [-0.39, 0.29) is 23.1 Å². The Bertz CT molecular complexity index is 1290. The number of para-hydroxylation sites is 2. The van der Waals surface area contributed by atoms with Crippen LogP contribution in [0.25, 0.3) is 22.4 Å². The van der Waals surface area contributed by atoms with Crippen molar-refractivity contribution in [1.29, 1.82) is 0 Å². The average Bonchev–Trinajstić information content (AvgIpc) is 3.17. The number of benzene rings is 2. The van der Waals surface area contributed by atoms with Crippen LogP contribution in [0.3, 0.4) is 0 Å². The highest BCUT2D eigenvalue weighted by Crippen LogP contribution is 2.26. The minimum Gasteiger partial charge on any atom is -0.356 e. The van der Waals surface area contributed by atoms with Gasteiger partial charge in [0.05, 0.1) is 22.3 Å². The summed E-state index contributed by atoms with van der Waals surface area (Å²) in [5.74, 6) is 0.825. The molecule has 7 nitrogen and oxygen atoms in total. The van der Waals surface area contributed by atoms with Gasteiger partial charge in [0.1, 0.15) is 0 Å². The lowest BCUT2D eigenvalue weighted by Crippen LogP contribution is -2.25. The van der Waals surface area contributed by atoms with Gasteiger partial charge in [0, 0.05) is 6.54 Å². The molecule has 0 aliphatic rings. The normalized spacial score (nSPS) is 11.5. The van der Waals surface area contributed by atoms with E-state index in [4.69, 9.17) is 0 Å². The second kappa shape index (κ2) is 8.31. The van der Waals surface area contributed by atoms with E-state index in [0.29, 0.717) is 22.9 Å². The lowest BCUT2D eigenvalue weighted by atomic mass is 10.0. The summed E-state index contributed by atoms with van der Waals surface area (Å²) >= 11 is 1.30. The molecule has 0 aliphatic heterocycles. The maximum absolute atomic E-state index is 13.5. The van der Waals surface area contributed by atoms with Crippen molar-refractivity contribution in [1.82, 2.24) is 24.5 Å². The van der Waals surface area contributed by atoms with Crippen molar-refractivity contribution in [2.24, 2.45) is 0 Å². The molecule has 4 rings (SSSR count). The number of thioether (sulfide) groups is 1. The lowest BCUT2D eigenvalue weighted by molar-refractivity contribution is -0.118. The fourth-order valence-electron chi connectivity index (χ4n) is 3.55. The average molecular weight is 422 g/mol. The Morgan fingerprint density at radius 3 is 2.60 bits per heavy atom. The molecule has 0 unspecified atom stereocenters. The Balaban J connectivity index is 1.99. The number of nitrogens with zero attached hydrogens (tertiary/aromatic N) is 4. The van der Waals surface area contributed by atoms with Gasteiger partial charge >= 0.3 is 0 Å². The third kappa shape index (κ3) is 3.47. The van der Waals surface area contributed by atoms with E-state index in [9.17, 15) is 9.59 Å². The molecule has 0 fully saturated rings. The summed E-state index contributed by atoms with van der Waals surface area (Å²) in [6.45, 7) is 6.65. The number of fused-ring (bicyclic) bond motifs is 3. The Hall–Kier alpha value is -3.13. The molecule has 2 heterocycles. The smallest absolute Gasteiger partial charge is 0.267 e. The monoisotopic (exact) mass is 421 g/mol. The van der Waals surface area contributed by atoms with E-state index in [0.717, 1.165) is 16.8 Å². The first-order valence-corrected chi connectivity index (χ1v) is 10.9. The summed E-state index contributed by atoms with van der Waals surface area (Å²) in [6.07, 6.45) is 0. The molecule has 1 N–H and O–H groups in total. The van der Waals surface area contributed by atoms with Crippen molar-refractivity contribution in [3.63, 3.8) is 0 Å². The summed E-state index contributed by atoms with van der Waals surface area (Å²) in [5, 5.41) is 12.6. The van der Waals surface area contributed by atoms with Crippen LogP contribution >= 0.6 is 11.8 Å². The number of amides is 1. The number of carbonyl (C=O) groups is 1. The van der Waals surface area contributed by atoms with E-state index in [1.54, 1.807) is 4.57 Å². The Morgan fingerprint density at radius 1 is 1.10 bits per heavy atom. The van der Waals surface area contributed by atoms with E-state index >= 15 is 0 Å². The predicted octanol–water partition coefficient (Wildman–Crippen LogP) is 3.39. The summed E-state index contributed by atoms with van der Waals surface area (Å²) in [4.78, 5) is 25.4. The van der Waals surface area contributed by atoms with Crippen LogP contribution in [-0.2, 0) is 4.79 Å². The first-order chi connectivity index (χ1) is 14.5. The molecule has 8 heteroatoms. The highest BCUT2D eigenvalue weighted by atomic mass is 32.2. The van der Waals surface area contributed by atoms with E-state index in [2.05, 4.69) is 29.4 Å². The zero-order valence-electron chi connectivity index (χ0n) is 17.1. The molecule has 0 radical (unpaired) electrons. The number of nitrogens with one attached hydrogen (secondary N) is 1. The zero-order valence-corrected chi connectivity index (χ0v) is 17.9. The van der Waals surface area contributed by atoms with Crippen LogP contribution in [-0.4, -0.2) is 37.4 Å². The molecule has 2 aromatic heterocycles. The molecule has 0 atom stereocenters. The fraction of sp³-hybridized carbons (Fsp3) is 0.273. The highest BCUT2D eigenvalue weighted by Gasteiger charge is 2.20. The van der Waals surface area contributed by atoms with Gasteiger partial charge in [-0.25, -0.2) is 4.57 Å². The molecular weight excluding hydrogens is 398 g/mol. The standard InChI is InChI=1S/C22H23N5O2S/c1-4-23-19(28)13-30-22-25-24-21-26(17-11-7-5-9-15(17)14(2)3)20(29)16-10-6-8-12-18(16)27(21)22/h5-12,14H,4,13H2,1-3H3,(H,23,28). The quantitative estimate of drug-likeness (QED) is 0.483. The lowest BCUT2D eigenvalue weighted by Gasteiger charge is -2.16. The van der Waals surface area contributed by atoms with Gasteiger partial charge in [0.15, 0.2) is 5.16 Å². The first kappa shape index (κ1) is 20.2. The second-order valence-electron chi connectivity index (χ2n) is 7.23. The van der Waals surface area contributed by atoms with Gasteiger partial charge in [-0.15, -0.1) is 10.2 Å². The van der Waals surface area contributed by atoms with E-state index in [1.807, 2.05) is 59.9 Å². The minimum atomic E-state index is -0.140. The number of hydrogen-bond donors (Lipinski definition) is 1. The van der Waals surface area contributed by atoms with Gasteiger partial charge < -0.3 is 5.32 Å². The number of hydrogen-bond acceptors (Lipinski definition) is 5. The van der Waals surface area contributed by atoms with Gasteiger partial charge in [-0.2, -0.15) is 0 Å². The van der Waals surface area contributed by atoms with Crippen LogP contribution in [0.1, 0.15) is 32.3 Å². The van der Waals surface area contributed by atoms with Crippen molar-refractivity contribution < 1.29 is 4.79 Å². The van der Waals surface area contributed by atoms with Crippen LogP contribution < -0.4 is 10.9 Å². The minimum absolute atomic E-state index is 0.0676. The van der Waals surface area contributed by atoms with Gasteiger partial charge in [-0.05, 0) is 36.6 Å². The SMILES string of the molecule is CCNC(=O)CSc1nnc2n(-c3ccccc3C(C)C)c(=O)c3ccccc3n12. The van der Waals surface area contributed by atoms with Crippen LogP contribution in [0.2, 0.25) is 0 Å². The number of carbonyl (C=O) groups excluding carboxylic acids is 1. The van der Waals surface area contributed by atoms with Gasteiger partial charge in [0.25, 0.3) is 5.56 Å². The van der Waals surface area contributed by atoms with Crippen molar-refractivity contribution in [3.05, 3.63) is 64.4 Å². The molecule has 154 valence electrons. The predicted molar refractivity (Wildman–Crippen MR) is 120 cm³/mol. The molecule has 30 heavy (non-hydrogen) atoms. The largest absolute Gasteiger partial charge is 0.356 e. The Morgan fingerprint density at radius 2 is 1.83 bits per heavy atom. The van der Waals surface area contributed by atoms with E-state index in [1.165, 1.54) is 11.8 Å². The maximum atomic E-state index is 13.5. The molecule has 0 bridgehead atoms. The third-order valence-corrected chi connectivity index (χ3v) is 5.83. The van der Waals surface area contributed by atoms with E-state index < -0.39 is 0 Å². The second-order valence-corrected chi connectivity index (χ2v) is 8.17. The van der Waals surface area contributed by atoms with Gasteiger partial charge in [-0.3, -0.25) is 14.0 Å². The molecule has 0 spiro atoms. The highest BCUT2D eigenvalue weighted by molar-refractivity contribution is 7.99. The van der Waals surface area contributed by atoms with Crippen LogP contribution in [0.4, 0.5) is 0 Å².